The van der Waals surface area contributed by atoms with Gasteiger partial charge in [-0.2, -0.15) is 0 Å². The van der Waals surface area contributed by atoms with Crippen LogP contribution >= 0.6 is 0 Å². The van der Waals surface area contributed by atoms with E-state index in [4.69, 9.17) is 0 Å². The molecule has 0 aliphatic heterocycles. The Morgan fingerprint density at radius 2 is 1.80 bits per heavy atom. The monoisotopic (exact) mass is 229 g/mol. The minimum absolute atomic E-state index is 0.243. The van der Waals surface area contributed by atoms with Gasteiger partial charge >= 0.3 is 0 Å². The Hall–Kier alpha value is -1.10. The Labute approximate surface area is 88.6 Å². The second-order valence-corrected chi connectivity index (χ2v) is 5.93. The molecule has 1 fully saturated rings. The first-order chi connectivity index (χ1) is 7.01. The molecule has 15 heavy (non-hydrogen) atoms. The molecule has 0 amide bonds. The van der Waals surface area contributed by atoms with Gasteiger partial charge in [0.05, 0.1) is 10.9 Å². The van der Waals surface area contributed by atoms with Crippen molar-refractivity contribution in [2.24, 2.45) is 0 Å². The molecular weight excluding hydrogens is 217 g/mol. The van der Waals surface area contributed by atoms with Gasteiger partial charge in [0, 0.05) is 7.05 Å². The Kier molecular flexibility index (Phi) is 2.42. The maximum absolute atomic E-state index is 12.6. The maximum atomic E-state index is 12.6. The van der Waals surface area contributed by atoms with Gasteiger partial charge in [-0.3, -0.25) is 4.31 Å². The number of benzene rings is 1. The number of hydrogen-bond donors (Lipinski definition) is 0. The van der Waals surface area contributed by atoms with Crippen LogP contribution in [0.15, 0.2) is 24.3 Å². The number of halogens is 1. The van der Waals surface area contributed by atoms with Crippen LogP contribution in [0.25, 0.3) is 0 Å². The third-order valence-corrected chi connectivity index (χ3v) is 4.81. The summed E-state index contributed by atoms with van der Waals surface area (Å²) in [6, 6.07) is 5.45. The number of nitrogens with zero attached hydrogens (tertiary/aromatic N) is 1. The number of anilines is 1. The number of rotatable bonds is 3. The van der Waals surface area contributed by atoms with E-state index in [2.05, 4.69) is 0 Å². The van der Waals surface area contributed by atoms with Crippen molar-refractivity contribution >= 4 is 15.7 Å². The van der Waals surface area contributed by atoms with Gasteiger partial charge in [-0.25, -0.2) is 12.8 Å². The summed E-state index contributed by atoms with van der Waals surface area (Å²) in [5.74, 6) is -0.365. The number of sulfonamides is 1. The van der Waals surface area contributed by atoms with Crippen LogP contribution in [0, 0.1) is 5.82 Å². The van der Waals surface area contributed by atoms with Crippen molar-refractivity contribution in [3.05, 3.63) is 30.1 Å². The molecule has 1 aromatic carbocycles. The zero-order chi connectivity index (χ0) is 11.1. The van der Waals surface area contributed by atoms with Gasteiger partial charge in [-0.15, -0.1) is 0 Å². The van der Waals surface area contributed by atoms with E-state index in [-0.39, 0.29) is 11.1 Å². The van der Waals surface area contributed by atoms with Crippen LogP contribution in [0.4, 0.5) is 10.1 Å². The van der Waals surface area contributed by atoms with Crippen LogP contribution in [-0.2, 0) is 10.0 Å². The first-order valence-corrected chi connectivity index (χ1v) is 6.25. The molecule has 0 atom stereocenters. The Bertz CT molecular complexity index is 451. The van der Waals surface area contributed by atoms with Gasteiger partial charge in [0.15, 0.2) is 0 Å². The molecule has 0 saturated heterocycles. The van der Waals surface area contributed by atoms with Crippen LogP contribution in [0.2, 0.25) is 0 Å². The van der Waals surface area contributed by atoms with Gasteiger partial charge in [-0.1, -0.05) is 0 Å². The third kappa shape index (κ3) is 1.97. The van der Waals surface area contributed by atoms with E-state index in [0.717, 1.165) is 12.8 Å². The van der Waals surface area contributed by atoms with Gasteiger partial charge in [0.25, 0.3) is 0 Å². The molecule has 0 unspecified atom stereocenters. The Morgan fingerprint density at radius 3 is 2.27 bits per heavy atom. The van der Waals surface area contributed by atoms with Crippen molar-refractivity contribution in [2.75, 3.05) is 11.4 Å². The summed E-state index contributed by atoms with van der Waals surface area (Å²) in [4.78, 5) is 0. The molecule has 1 aliphatic carbocycles. The highest BCUT2D eigenvalue weighted by Gasteiger charge is 2.38. The summed E-state index contributed by atoms with van der Waals surface area (Å²) < 4.78 is 37.5. The van der Waals surface area contributed by atoms with E-state index in [1.54, 1.807) is 0 Å². The Morgan fingerprint density at radius 1 is 1.27 bits per heavy atom. The zero-order valence-electron chi connectivity index (χ0n) is 8.35. The molecule has 1 aromatic rings. The summed E-state index contributed by atoms with van der Waals surface area (Å²) in [6.07, 6.45) is 1.46. The van der Waals surface area contributed by atoms with E-state index in [1.165, 1.54) is 35.6 Å². The lowest BCUT2D eigenvalue weighted by atomic mass is 10.3. The molecule has 0 spiro atoms. The topological polar surface area (TPSA) is 37.4 Å². The predicted molar refractivity (Wildman–Crippen MR) is 56.7 cm³/mol. The van der Waals surface area contributed by atoms with E-state index in [9.17, 15) is 12.8 Å². The van der Waals surface area contributed by atoms with Gasteiger partial charge in [-0.05, 0) is 37.1 Å². The second kappa shape index (κ2) is 3.48. The molecular formula is C10H12FNO2S. The molecule has 0 heterocycles. The highest BCUT2D eigenvalue weighted by Crippen LogP contribution is 2.32. The quantitative estimate of drug-likeness (QED) is 0.792. The van der Waals surface area contributed by atoms with Crippen LogP contribution in [0.1, 0.15) is 12.8 Å². The van der Waals surface area contributed by atoms with Crippen LogP contribution in [0.5, 0.6) is 0 Å². The number of hydrogen-bond acceptors (Lipinski definition) is 2. The third-order valence-electron chi connectivity index (χ3n) is 2.52. The highest BCUT2D eigenvalue weighted by molar-refractivity contribution is 7.93. The summed E-state index contributed by atoms with van der Waals surface area (Å²) >= 11 is 0. The van der Waals surface area contributed by atoms with Gasteiger partial charge < -0.3 is 0 Å². The molecule has 82 valence electrons. The zero-order valence-corrected chi connectivity index (χ0v) is 9.17. The van der Waals surface area contributed by atoms with E-state index < -0.39 is 10.0 Å². The molecule has 0 bridgehead atoms. The van der Waals surface area contributed by atoms with Crippen LogP contribution < -0.4 is 4.31 Å². The van der Waals surface area contributed by atoms with E-state index >= 15 is 0 Å². The van der Waals surface area contributed by atoms with Crippen molar-refractivity contribution in [1.29, 1.82) is 0 Å². The van der Waals surface area contributed by atoms with Crippen molar-refractivity contribution < 1.29 is 12.8 Å². The SMILES string of the molecule is CN(c1ccc(F)cc1)S(=O)(=O)C1CC1. The molecule has 3 nitrogen and oxygen atoms in total. The molecule has 1 saturated carbocycles. The average Bonchev–Trinajstić information content (AvgIpc) is 3.01. The minimum atomic E-state index is -3.22. The van der Waals surface area contributed by atoms with Crippen molar-refractivity contribution in [3.8, 4) is 0 Å². The fourth-order valence-electron chi connectivity index (χ4n) is 1.39. The largest absolute Gasteiger partial charge is 0.273 e. The highest BCUT2D eigenvalue weighted by atomic mass is 32.2. The molecule has 0 radical (unpaired) electrons. The average molecular weight is 229 g/mol. The van der Waals surface area contributed by atoms with Crippen molar-refractivity contribution in [2.45, 2.75) is 18.1 Å². The van der Waals surface area contributed by atoms with Crippen LogP contribution in [0.3, 0.4) is 0 Å². The maximum Gasteiger partial charge on any atom is 0.237 e. The fourth-order valence-corrected chi connectivity index (χ4v) is 2.98. The molecule has 0 N–H and O–H groups in total. The summed E-state index contributed by atoms with van der Waals surface area (Å²) in [5, 5.41) is -0.243. The summed E-state index contributed by atoms with van der Waals surface area (Å²) in [5.41, 5.74) is 0.503. The van der Waals surface area contributed by atoms with Crippen LogP contribution in [-0.4, -0.2) is 20.7 Å². The van der Waals surface area contributed by atoms with E-state index in [1.807, 2.05) is 0 Å². The molecule has 5 heteroatoms. The summed E-state index contributed by atoms with van der Waals surface area (Å²) in [6.45, 7) is 0. The lowest BCUT2D eigenvalue weighted by Gasteiger charge is -2.18. The van der Waals surface area contributed by atoms with Gasteiger partial charge in [0.2, 0.25) is 10.0 Å². The molecule has 1 aliphatic rings. The first-order valence-electron chi connectivity index (χ1n) is 4.75. The predicted octanol–water partition coefficient (Wildman–Crippen LogP) is 1.75. The summed E-state index contributed by atoms with van der Waals surface area (Å²) in [7, 11) is -1.72. The fraction of sp³-hybridized carbons (Fsp3) is 0.400. The second-order valence-electron chi connectivity index (χ2n) is 3.69. The Balaban J connectivity index is 2.27. The van der Waals surface area contributed by atoms with Crippen molar-refractivity contribution in [1.82, 2.24) is 0 Å². The standard InChI is InChI=1S/C10H12FNO2S/c1-12(15(13,14)10-6-7-10)9-4-2-8(11)3-5-9/h2-5,10H,6-7H2,1H3. The minimum Gasteiger partial charge on any atom is -0.273 e. The smallest absolute Gasteiger partial charge is 0.237 e. The van der Waals surface area contributed by atoms with E-state index in [0.29, 0.717) is 5.69 Å². The molecule has 2 rings (SSSR count). The van der Waals surface area contributed by atoms with Gasteiger partial charge in [0.1, 0.15) is 5.82 Å². The first kappa shape index (κ1) is 10.4. The lowest BCUT2D eigenvalue weighted by Crippen LogP contribution is -2.29. The normalized spacial score (nSPS) is 16.4. The lowest BCUT2D eigenvalue weighted by molar-refractivity contribution is 0.592. The molecule has 0 aromatic heterocycles. The van der Waals surface area contributed by atoms with Crippen molar-refractivity contribution in [3.63, 3.8) is 0 Å².